The molecule has 2 heterocycles. The average Bonchev–Trinajstić information content (AvgIpc) is 3.26. The summed E-state index contributed by atoms with van der Waals surface area (Å²) >= 11 is 6.12. The summed E-state index contributed by atoms with van der Waals surface area (Å²) in [7, 11) is -1.33. The molecule has 13 heteroatoms. The molecule has 0 aliphatic rings. The van der Waals surface area contributed by atoms with Crippen molar-refractivity contribution in [2.24, 2.45) is 0 Å². The Labute approximate surface area is 200 Å². The Bertz CT molecular complexity index is 1430. The Balaban J connectivity index is 1.78. The van der Waals surface area contributed by atoms with Crippen LogP contribution in [0.3, 0.4) is 0 Å². The molecule has 0 radical (unpaired) electrons. The van der Waals surface area contributed by atoms with Gasteiger partial charge in [-0.2, -0.15) is 0 Å². The Hall–Kier alpha value is -3.48. The van der Waals surface area contributed by atoms with E-state index in [0.29, 0.717) is 5.82 Å². The SMILES string of the molecule is CC[C@@H](Nc1nc2nonc2nc1Nc1ccc(Cl)c(S(=O)(=O)N(C)C)c1O)c1ccccc1. The zero-order valence-corrected chi connectivity index (χ0v) is 20.1. The van der Waals surface area contributed by atoms with Crippen molar-refractivity contribution in [2.75, 3.05) is 24.7 Å². The highest BCUT2D eigenvalue weighted by atomic mass is 35.5. The lowest BCUT2D eigenvalue weighted by Gasteiger charge is -2.20. The zero-order valence-electron chi connectivity index (χ0n) is 18.5. The van der Waals surface area contributed by atoms with Gasteiger partial charge >= 0.3 is 0 Å². The van der Waals surface area contributed by atoms with E-state index in [1.54, 1.807) is 0 Å². The number of benzene rings is 2. The van der Waals surface area contributed by atoms with E-state index in [2.05, 4.69) is 30.9 Å². The molecule has 0 unspecified atom stereocenters. The van der Waals surface area contributed by atoms with Gasteiger partial charge in [-0.3, -0.25) is 0 Å². The molecule has 0 bridgehead atoms. The van der Waals surface area contributed by atoms with Crippen LogP contribution in [0.4, 0.5) is 17.3 Å². The lowest BCUT2D eigenvalue weighted by atomic mass is 10.0. The van der Waals surface area contributed by atoms with Gasteiger partial charge in [0.05, 0.1) is 16.8 Å². The van der Waals surface area contributed by atoms with E-state index in [-0.39, 0.29) is 33.9 Å². The van der Waals surface area contributed by atoms with Gasteiger partial charge in [-0.15, -0.1) is 0 Å². The summed E-state index contributed by atoms with van der Waals surface area (Å²) in [5.74, 6) is -0.0592. The number of nitrogens with zero attached hydrogens (tertiary/aromatic N) is 5. The second-order valence-electron chi connectivity index (χ2n) is 7.53. The Morgan fingerprint density at radius 2 is 1.71 bits per heavy atom. The van der Waals surface area contributed by atoms with Crippen molar-refractivity contribution in [1.82, 2.24) is 24.6 Å². The van der Waals surface area contributed by atoms with Gasteiger partial charge in [0.15, 0.2) is 17.4 Å². The van der Waals surface area contributed by atoms with Crippen molar-refractivity contribution in [1.29, 1.82) is 0 Å². The lowest BCUT2D eigenvalue weighted by Crippen LogP contribution is -2.22. The highest BCUT2D eigenvalue weighted by molar-refractivity contribution is 7.89. The van der Waals surface area contributed by atoms with E-state index < -0.39 is 20.7 Å². The summed E-state index contributed by atoms with van der Waals surface area (Å²) in [6.45, 7) is 2.02. The van der Waals surface area contributed by atoms with Gasteiger partial charge in [0, 0.05) is 14.1 Å². The van der Waals surface area contributed by atoms with Gasteiger partial charge in [0.2, 0.25) is 21.3 Å². The third-order valence-corrected chi connectivity index (χ3v) is 7.43. The first-order valence-electron chi connectivity index (χ1n) is 10.2. The Kier molecular flexibility index (Phi) is 6.55. The normalized spacial score (nSPS) is 12.7. The minimum Gasteiger partial charge on any atom is -0.504 e. The molecule has 2 aromatic heterocycles. The maximum absolute atomic E-state index is 12.7. The van der Waals surface area contributed by atoms with E-state index in [9.17, 15) is 13.5 Å². The first kappa shape index (κ1) is 23.7. The van der Waals surface area contributed by atoms with Gasteiger partial charge in [0.1, 0.15) is 4.90 Å². The van der Waals surface area contributed by atoms with Gasteiger partial charge in [-0.25, -0.2) is 27.3 Å². The van der Waals surface area contributed by atoms with E-state index in [1.165, 1.54) is 26.2 Å². The van der Waals surface area contributed by atoms with E-state index in [1.807, 2.05) is 37.3 Å². The van der Waals surface area contributed by atoms with Crippen LogP contribution in [-0.2, 0) is 10.0 Å². The van der Waals surface area contributed by atoms with Crippen molar-refractivity contribution < 1.29 is 18.2 Å². The molecule has 0 fully saturated rings. The van der Waals surface area contributed by atoms with E-state index in [4.69, 9.17) is 16.2 Å². The quantitative estimate of drug-likeness (QED) is 0.302. The highest BCUT2D eigenvalue weighted by Crippen LogP contribution is 2.40. The number of nitrogens with one attached hydrogen (secondary N) is 2. The van der Waals surface area contributed by atoms with Crippen LogP contribution < -0.4 is 10.6 Å². The molecule has 178 valence electrons. The molecule has 34 heavy (non-hydrogen) atoms. The fourth-order valence-corrected chi connectivity index (χ4v) is 4.78. The first-order valence-corrected chi connectivity index (χ1v) is 12.1. The number of aromatic hydroxyl groups is 1. The number of rotatable bonds is 8. The van der Waals surface area contributed by atoms with Crippen LogP contribution in [0.2, 0.25) is 5.02 Å². The van der Waals surface area contributed by atoms with Gasteiger partial charge in [-0.05, 0) is 34.4 Å². The average molecular weight is 504 g/mol. The Morgan fingerprint density at radius 3 is 2.32 bits per heavy atom. The number of anilines is 3. The smallest absolute Gasteiger partial charge is 0.247 e. The van der Waals surface area contributed by atoms with Crippen molar-refractivity contribution in [3.63, 3.8) is 0 Å². The largest absolute Gasteiger partial charge is 0.504 e. The molecular formula is C21H22ClN7O4S. The molecule has 4 rings (SSSR count). The second kappa shape index (κ2) is 9.41. The lowest BCUT2D eigenvalue weighted by molar-refractivity contribution is 0.314. The topological polar surface area (TPSA) is 146 Å². The number of hydrogen-bond acceptors (Lipinski definition) is 10. The molecule has 0 saturated carbocycles. The summed E-state index contributed by atoms with van der Waals surface area (Å²) in [4.78, 5) is 8.42. The highest BCUT2D eigenvalue weighted by Gasteiger charge is 2.27. The number of phenols is 1. The molecule has 11 nitrogen and oxygen atoms in total. The predicted octanol–water partition coefficient (Wildman–Crippen LogP) is 3.93. The molecular weight excluding hydrogens is 482 g/mol. The van der Waals surface area contributed by atoms with Crippen molar-refractivity contribution in [3.05, 3.63) is 53.1 Å². The van der Waals surface area contributed by atoms with E-state index in [0.717, 1.165) is 16.3 Å². The monoisotopic (exact) mass is 503 g/mol. The standard InChI is InChI=1S/C21H22ClN7O4S/c1-4-14(12-8-6-5-7-9-12)23-18-19(26-21-20(25-18)27-33-28-21)24-15-11-10-13(22)17(16(15)30)34(31,32)29(2)3/h5-11,14,30H,4H2,1-3H3,(H,23,25,27)(H,24,26,28)/t14-/m1/s1. The minimum atomic E-state index is -4.03. The summed E-state index contributed by atoms with van der Waals surface area (Å²) < 4.78 is 31.1. The fourth-order valence-electron chi connectivity index (χ4n) is 3.30. The summed E-state index contributed by atoms with van der Waals surface area (Å²) in [6, 6.07) is 12.5. The van der Waals surface area contributed by atoms with Crippen LogP contribution in [0.15, 0.2) is 52.0 Å². The number of phenolic OH excluding ortho intramolecular Hbond substituents is 1. The third-order valence-electron chi connectivity index (χ3n) is 5.11. The van der Waals surface area contributed by atoms with Crippen LogP contribution in [-0.4, -0.2) is 52.2 Å². The van der Waals surface area contributed by atoms with Crippen LogP contribution in [0, 0.1) is 0 Å². The maximum atomic E-state index is 12.7. The van der Waals surface area contributed by atoms with Crippen molar-refractivity contribution >= 4 is 50.2 Å². The zero-order chi connectivity index (χ0) is 24.5. The van der Waals surface area contributed by atoms with Crippen LogP contribution >= 0.6 is 11.6 Å². The third kappa shape index (κ3) is 4.47. The van der Waals surface area contributed by atoms with Crippen molar-refractivity contribution in [2.45, 2.75) is 24.3 Å². The molecule has 1 atom stereocenters. The molecule has 3 N–H and O–H groups in total. The van der Waals surface area contributed by atoms with Crippen LogP contribution in [0.25, 0.3) is 11.3 Å². The van der Waals surface area contributed by atoms with E-state index >= 15 is 0 Å². The van der Waals surface area contributed by atoms with Gasteiger partial charge < -0.3 is 15.7 Å². The minimum absolute atomic E-state index is 0.0609. The summed E-state index contributed by atoms with van der Waals surface area (Å²) in [5.41, 5.74) is 1.41. The molecule has 0 amide bonds. The number of halogens is 1. The fraction of sp³-hybridized carbons (Fsp3) is 0.238. The maximum Gasteiger partial charge on any atom is 0.247 e. The number of aromatic nitrogens is 4. The number of fused-ring (bicyclic) bond motifs is 1. The first-order chi connectivity index (χ1) is 16.2. The number of hydrogen-bond donors (Lipinski definition) is 3. The van der Waals surface area contributed by atoms with Crippen molar-refractivity contribution in [3.8, 4) is 5.75 Å². The van der Waals surface area contributed by atoms with Crippen LogP contribution in [0.5, 0.6) is 5.75 Å². The summed E-state index contributed by atoms with van der Waals surface area (Å²) in [6.07, 6.45) is 0.734. The molecule has 4 aromatic rings. The molecule has 0 spiro atoms. The van der Waals surface area contributed by atoms with Gasteiger partial charge in [0.25, 0.3) is 0 Å². The Morgan fingerprint density at radius 1 is 1.06 bits per heavy atom. The number of sulfonamides is 1. The second-order valence-corrected chi connectivity index (χ2v) is 10.0. The predicted molar refractivity (Wildman–Crippen MR) is 128 cm³/mol. The molecule has 0 aliphatic heterocycles. The van der Waals surface area contributed by atoms with Gasteiger partial charge in [-0.1, -0.05) is 48.9 Å². The molecule has 0 saturated heterocycles. The summed E-state index contributed by atoms with van der Waals surface area (Å²) in [5, 5.41) is 24.4. The van der Waals surface area contributed by atoms with Crippen LogP contribution in [0.1, 0.15) is 24.9 Å². The molecule has 0 aliphatic carbocycles. The molecule has 2 aromatic carbocycles.